The van der Waals surface area contributed by atoms with Gasteiger partial charge in [0.05, 0.1) is 0 Å². The minimum absolute atomic E-state index is 0.0502. The van der Waals surface area contributed by atoms with Gasteiger partial charge in [0.15, 0.2) is 0 Å². The van der Waals surface area contributed by atoms with Crippen LogP contribution in [0.25, 0.3) is 0 Å². The lowest BCUT2D eigenvalue weighted by Gasteiger charge is -2.32. The first kappa shape index (κ1) is 17.6. The van der Waals surface area contributed by atoms with Crippen molar-refractivity contribution < 1.29 is 4.79 Å². The van der Waals surface area contributed by atoms with E-state index in [4.69, 9.17) is 0 Å². The number of rotatable bonds is 4. The molecule has 4 nitrogen and oxygen atoms in total. The van der Waals surface area contributed by atoms with Crippen molar-refractivity contribution in [1.29, 1.82) is 0 Å². The molecule has 0 N–H and O–H groups in total. The SMILES string of the molecule is Cc1cc(C(=O)N2CCCC(CCc3ccccc3C)C2)nc(C)n1. The molecule has 2 heterocycles. The number of carbonyl (C=O) groups excluding carboxylic acids is 1. The molecule has 3 rings (SSSR count). The smallest absolute Gasteiger partial charge is 0.272 e. The first-order valence-corrected chi connectivity index (χ1v) is 9.19. The summed E-state index contributed by atoms with van der Waals surface area (Å²) < 4.78 is 0. The van der Waals surface area contributed by atoms with Crippen LogP contribution >= 0.6 is 0 Å². The maximum absolute atomic E-state index is 12.8. The Bertz CT molecular complexity index is 736. The lowest BCUT2D eigenvalue weighted by Crippen LogP contribution is -2.40. The summed E-state index contributed by atoms with van der Waals surface area (Å²) in [6.45, 7) is 7.60. The van der Waals surface area contributed by atoms with Crippen molar-refractivity contribution >= 4 is 5.91 Å². The van der Waals surface area contributed by atoms with Crippen LogP contribution < -0.4 is 0 Å². The Kier molecular flexibility index (Phi) is 5.47. The molecule has 1 aliphatic heterocycles. The Morgan fingerprint density at radius 2 is 2.00 bits per heavy atom. The third-order valence-electron chi connectivity index (χ3n) is 5.07. The maximum atomic E-state index is 12.8. The highest BCUT2D eigenvalue weighted by atomic mass is 16.2. The fourth-order valence-corrected chi connectivity index (χ4v) is 3.72. The van der Waals surface area contributed by atoms with Gasteiger partial charge in [-0.05, 0) is 69.6 Å². The fraction of sp³-hybridized carbons (Fsp3) is 0.476. The van der Waals surface area contributed by atoms with Crippen LogP contribution in [0, 0.1) is 26.7 Å². The van der Waals surface area contributed by atoms with E-state index in [0.29, 0.717) is 17.4 Å². The molecule has 1 fully saturated rings. The second-order valence-electron chi connectivity index (χ2n) is 7.17. The Hall–Kier alpha value is -2.23. The van der Waals surface area contributed by atoms with E-state index in [1.165, 1.54) is 17.5 Å². The summed E-state index contributed by atoms with van der Waals surface area (Å²) in [7, 11) is 0. The molecule has 0 aliphatic carbocycles. The second kappa shape index (κ2) is 7.77. The number of aryl methyl sites for hydroxylation is 4. The average Bonchev–Trinajstić information content (AvgIpc) is 2.60. The highest BCUT2D eigenvalue weighted by Crippen LogP contribution is 2.23. The van der Waals surface area contributed by atoms with E-state index < -0.39 is 0 Å². The zero-order valence-electron chi connectivity index (χ0n) is 15.5. The van der Waals surface area contributed by atoms with Crippen LogP contribution in [0.1, 0.15) is 52.4 Å². The quantitative estimate of drug-likeness (QED) is 0.850. The number of likely N-dealkylation sites (tertiary alicyclic amines) is 1. The van der Waals surface area contributed by atoms with Crippen molar-refractivity contribution in [3.8, 4) is 0 Å². The van der Waals surface area contributed by atoms with Crippen LogP contribution in [0.4, 0.5) is 0 Å². The molecule has 1 aromatic heterocycles. The first-order valence-electron chi connectivity index (χ1n) is 9.19. The minimum Gasteiger partial charge on any atom is -0.337 e. The van der Waals surface area contributed by atoms with E-state index in [1.807, 2.05) is 18.7 Å². The average molecular weight is 337 g/mol. The largest absolute Gasteiger partial charge is 0.337 e. The standard InChI is InChI=1S/C21H27N3O/c1-15-7-4-5-9-19(15)11-10-18-8-6-12-24(14-18)21(25)20-13-16(2)22-17(3)23-20/h4-5,7,9,13,18H,6,8,10-12,14H2,1-3H3. The monoisotopic (exact) mass is 337 g/mol. The number of benzene rings is 1. The van der Waals surface area contributed by atoms with Crippen molar-refractivity contribution in [3.63, 3.8) is 0 Å². The number of piperidine rings is 1. The molecule has 0 saturated carbocycles. The molecule has 0 spiro atoms. The summed E-state index contributed by atoms with van der Waals surface area (Å²) in [4.78, 5) is 23.4. The van der Waals surface area contributed by atoms with Crippen molar-refractivity contribution in [1.82, 2.24) is 14.9 Å². The van der Waals surface area contributed by atoms with Crippen molar-refractivity contribution in [2.45, 2.75) is 46.5 Å². The lowest BCUT2D eigenvalue weighted by atomic mass is 9.90. The topological polar surface area (TPSA) is 46.1 Å². The second-order valence-corrected chi connectivity index (χ2v) is 7.17. The van der Waals surface area contributed by atoms with Crippen LogP contribution in [0.15, 0.2) is 30.3 Å². The summed E-state index contributed by atoms with van der Waals surface area (Å²) in [6.07, 6.45) is 4.51. The molecule has 1 aromatic carbocycles. The van der Waals surface area contributed by atoms with Crippen LogP contribution in [0.3, 0.4) is 0 Å². The zero-order chi connectivity index (χ0) is 17.8. The minimum atomic E-state index is 0.0502. The molecule has 132 valence electrons. The first-order chi connectivity index (χ1) is 12.0. The van der Waals surface area contributed by atoms with E-state index in [0.717, 1.165) is 38.0 Å². The Morgan fingerprint density at radius 3 is 2.76 bits per heavy atom. The number of nitrogens with zero attached hydrogens (tertiary/aromatic N) is 3. The Morgan fingerprint density at radius 1 is 1.20 bits per heavy atom. The lowest BCUT2D eigenvalue weighted by molar-refractivity contribution is 0.0661. The molecule has 1 unspecified atom stereocenters. The van der Waals surface area contributed by atoms with Gasteiger partial charge in [-0.2, -0.15) is 0 Å². The number of hydrogen-bond donors (Lipinski definition) is 0. The van der Waals surface area contributed by atoms with Gasteiger partial charge in [-0.15, -0.1) is 0 Å². The molecular weight excluding hydrogens is 310 g/mol. The predicted molar refractivity (Wildman–Crippen MR) is 99.6 cm³/mol. The van der Waals surface area contributed by atoms with Crippen molar-refractivity contribution in [2.24, 2.45) is 5.92 Å². The third kappa shape index (κ3) is 4.44. The van der Waals surface area contributed by atoms with Crippen molar-refractivity contribution in [2.75, 3.05) is 13.1 Å². The van der Waals surface area contributed by atoms with Crippen LogP contribution in [-0.4, -0.2) is 33.9 Å². The molecule has 0 bridgehead atoms. The molecule has 1 saturated heterocycles. The molecule has 1 amide bonds. The number of aromatic nitrogens is 2. The van der Waals surface area contributed by atoms with E-state index in [1.54, 1.807) is 6.07 Å². The van der Waals surface area contributed by atoms with E-state index in [2.05, 4.69) is 41.2 Å². The molecule has 0 radical (unpaired) electrons. The predicted octanol–water partition coefficient (Wildman–Crippen LogP) is 3.89. The number of hydrogen-bond acceptors (Lipinski definition) is 3. The molecule has 1 atom stereocenters. The molecule has 4 heteroatoms. The molecule has 1 aliphatic rings. The van der Waals surface area contributed by atoms with Gasteiger partial charge < -0.3 is 4.90 Å². The highest BCUT2D eigenvalue weighted by molar-refractivity contribution is 5.92. The highest BCUT2D eigenvalue weighted by Gasteiger charge is 2.25. The van der Waals surface area contributed by atoms with E-state index in [-0.39, 0.29) is 5.91 Å². The zero-order valence-corrected chi connectivity index (χ0v) is 15.5. The number of carbonyl (C=O) groups is 1. The summed E-state index contributed by atoms with van der Waals surface area (Å²) in [6, 6.07) is 10.4. The molecule has 25 heavy (non-hydrogen) atoms. The van der Waals surface area contributed by atoms with Crippen LogP contribution in [0.5, 0.6) is 0 Å². The summed E-state index contributed by atoms with van der Waals surface area (Å²) >= 11 is 0. The van der Waals surface area contributed by atoms with Crippen LogP contribution in [-0.2, 0) is 6.42 Å². The van der Waals surface area contributed by atoms with Gasteiger partial charge in [0.1, 0.15) is 11.5 Å². The van der Waals surface area contributed by atoms with Gasteiger partial charge >= 0.3 is 0 Å². The van der Waals surface area contributed by atoms with E-state index in [9.17, 15) is 4.79 Å². The molecule has 2 aromatic rings. The number of amides is 1. The molecular formula is C21H27N3O. The maximum Gasteiger partial charge on any atom is 0.272 e. The van der Waals surface area contributed by atoms with E-state index >= 15 is 0 Å². The van der Waals surface area contributed by atoms with Gasteiger partial charge in [0.2, 0.25) is 0 Å². The van der Waals surface area contributed by atoms with Gasteiger partial charge in [-0.25, -0.2) is 9.97 Å². The Labute approximate surface area is 150 Å². The van der Waals surface area contributed by atoms with Crippen LogP contribution in [0.2, 0.25) is 0 Å². The van der Waals surface area contributed by atoms with Gasteiger partial charge in [-0.1, -0.05) is 24.3 Å². The van der Waals surface area contributed by atoms with Gasteiger partial charge in [0.25, 0.3) is 5.91 Å². The normalized spacial score (nSPS) is 17.6. The third-order valence-corrected chi connectivity index (χ3v) is 5.07. The summed E-state index contributed by atoms with van der Waals surface area (Å²) in [5.41, 5.74) is 4.17. The summed E-state index contributed by atoms with van der Waals surface area (Å²) in [5, 5.41) is 0. The Balaban J connectivity index is 1.62. The van der Waals surface area contributed by atoms with Gasteiger partial charge in [0, 0.05) is 18.8 Å². The fourth-order valence-electron chi connectivity index (χ4n) is 3.72. The van der Waals surface area contributed by atoms with Gasteiger partial charge in [-0.3, -0.25) is 4.79 Å². The summed E-state index contributed by atoms with van der Waals surface area (Å²) in [5.74, 6) is 1.28. The van der Waals surface area contributed by atoms with Crippen molar-refractivity contribution in [3.05, 3.63) is 58.7 Å².